The second-order valence-corrected chi connectivity index (χ2v) is 6.10. The number of carbonyl (C=O) groups is 1. The maximum atomic E-state index is 12.2. The van der Waals surface area contributed by atoms with Crippen LogP contribution in [0.2, 0.25) is 0 Å². The fourth-order valence-electron chi connectivity index (χ4n) is 2.45. The van der Waals surface area contributed by atoms with Crippen LogP contribution in [0, 0.1) is 0 Å². The van der Waals surface area contributed by atoms with Gasteiger partial charge in [0, 0.05) is 11.4 Å². The molecule has 0 unspecified atom stereocenters. The molecule has 0 saturated carbocycles. The molecule has 9 heteroatoms. The van der Waals surface area contributed by atoms with E-state index in [0.29, 0.717) is 23.7 Å². The van der Waals surface area contributed by atoms with Crippen LogP contribution >= 0.6 is 0 Å². The number of nitrogens with zero attached hydrogens (tertiary/aromatic N) is 2. The maximum absolute atomic E-state index is 12.2. The molecule has 0 aliphatic rings. The molecule has 2 aromatic carbocycles. The van der Waals surface area contributed by atoms with Gasteiger partial charge in [-0.2, -0.15) is 4.68 Å². The lowest BCUT2D eigenvalue weighted by Crippen LogP contribution is -2.19. The molecule has 0 aliphatic heterocycles. The lowest BCUT2D eigenvalue weighted by Gasteiger charge is -2.09. The van der Waals surface area contributed by atoms with Crippen LogP contribution in [-0.4, -0.2) is 29.5 Å². The first kappa shape index (κ1) is 20.0. The molecule has 0 spiro atoms. The molecule has 3 aromatic rings. The number of urea groups is 1. The first-order valence-electron chi connectivity index (χ1n) is 9.14. The van der Waals surface area contributed by atoms with Crippen LogP contribution < -0.4 is 25.9 Å². The molecule has 0 aliphatic carbocycles. The SMILES string of the molecule is CCCCOc1ccc(NC(=O)Nc2ccc(-n3nc(OC)oc3=O)cc2)cc1. The van der Waals surface area contributed by atoms with Crippen LogP contribution in [0.25, 0.3) is 5.69 Å². The van der Waals surface area contributed by atoms with E-state index in [-0.39, 0.29) is 6.08 Å². The van der Waals surface area contributed by atoms with Gasteiger partial charge in [0.2, 0.25) is 0 Å². The summed E-state index contributed by atoms with van der Waals surface area (Å²) in [5.41, 5.74) is 1.67. The summed E-state index contributed by atoms with van der Waals surface area (Å²) in [5.74, 6) is 0.0992. The van der Waals surface area contributed by atoms with E-state index < -0.39 is 11.8 Å². The minimum Gasteiger partial charge on any atom is -0.494 e. The number of carbonyl (C=O) groups excluding carboxylic acids is 1. The van der Waals surface area contributed by atoms with Gasteiger partial charge in [-0.25, -0.2) is 9.59 Å². The topological polar surface area (TPSA) is 108 Å². The molecule has 3 rings (SSSR count). The van der Waals surface area contributed by atoms with Gasteiger partial charge in [0.25, 0.3) is 0 Å². The Balaban J connectivity index is 1.56. The van der Waals surface area contributed by atoms with Crippen molar-refractivity contribution in [3.05, 3.63) is 59.1 Å². The van der Waals surface area contributed by atoms with Crippen LogP contribution in [-0.2, 0) is 0 Å². The zero-order valence-electron chi connectivity index (χ0n) is 16.2. The van der Waals surface area contributed by atoms with Crippen LogP contribution in [0.3, 0.4) is 0 Å². The Morgan fingerprint density at radius 3 is 2.24 bits per heavy atom. The number of unbranched alkanes of at least 4 members (excludes halogenated alkanes) is 1. The zero-order chi connectivity index (χ0) is 20.6. The van der Waals surface area contributed by atoms with Crippen molar-refractivity contribution in [3.63, 3.8) is 0 Å². The number of ether oxygens (including phenoxy) is 2. The molecule has 152 valence electrons. The smallest absolute Gasteiger partial charge is 0.444 e. The molecule has 0 radical (unpaired) electrons. The van der Waals surface area contributed by atoms with Gasteiger partial charge in [0.1, 0.15) is 5.75 Å². The Morgan fingerprint density at radius 1 is 1.07 bits per heavy atom. The van der Waals surface area contributed by atoms with E-state index in [4.69, 9.17) is 13.9 Å². The quantitative estimate of drug-likeness (QED) is 0.561. The third kappa shape index (κ3) is 5.38. The van der Waals surface area contributed by atoms with Crippen LogP contribution in [0.1, 0.15) is 19.8 Å². The number of rotatable bonds is 8. The number of methoxy groups -OCH3 is 1. The molecule has 1 aromatic heterocycles. The molecule has 9 nitrogen and oxygen atoms in total. The van der Waals surface area contributed by atoms with E-state index >= 15 is 0 Å². The number of hydrogen-bond acceptors (Lipinski definition) is 6. The summed E-state index contributed by atoms with van der Waals surface area (Å²) in [4.78, 5) is 23.9. The van der Waals surface area contributed by atoms with Crippen molar-refractivity contribution in [2.24, 2.45) is 0 Å². The molecular weight excluding hydrogens is 376 g/mol. The number of amides is 2. The molecule has 0 fully saturated rings. The van der Waals surface area contributed by atoms with Crippen molar-refractivity contribution in [1.29, 1.82) is 0 Å². The maximum Gasteiger partial charge on any atom is 0.444 e. The summed E-state index contributed by atoms with van der Waals surface area (Å²) >= 11 is 0. The second-order valence-electron chi connectivity index (χ2n) is 6.10. The summed E-state index contributed by atoms with van der Waals surface area (Å²) < 4.78 is 16.2. The molecule has 0 saturated heterocycles. The minimum atomic E-state index is -0.664. The van der Waals surface area contributed by atoms with Gasteiger partial charge in [-0.1, -0.05) is 18.4 Å². The van der Waals surface area contributed by atoms with Crippen LogP contribution in [0.5, 0.6) is 11.8 Å². The third-order valence-corrected chi connectivity index (χ3v) is 3.95. The molecule has 2 N–H and O–H groups in total. The Morgan fingerprint density at radius 2 is 1.69 bits per heavy atom. The highest BCUT2D eigenvalue weighted by atomic mass is 16.6. The molecule has 29 heavy (non-hydrogen) atoms. The van der Waals surface area contributed by atoms with E-state index in [1.807, 2.05) is 12.1 Å². The van der Waals surface area contributed by atoms with Crippen LogP contribution in [0.15, 0.2) is 57.7 Å². The standard InChI is InChI=1S/C20H22N4O5/c1-3-4-13-28-17-11-7-15(8-12-17)22-18(25)21-14-5-9-16(10-6-14)24-20(26)29-19(23-24)27-2/h5-12H,3-4,13H2,1-2H3,(H2,21,22,25). The lowest BCUT2D eigenvalue weighted by molar-refractivity contribution is 0.262. The van der Waals surface area contributed by atoms with Gasteiger partial charge in [0.05, 0.1) is 19.4 Å². The zero-order valence-corrected chi connectivity index (χ0v) is 16.2. The number of benzene rings is 2. The predicted molar refractivity (Wildman–Crippen MR) is 108 cm³/mol. The molecule has 2 amide bonds. The molecular formula is C20H22N4O5. The predicted octanol–water partition coefficient (Wildman–Crippen LogP) is 3.66. The van der Waals surface area contributed by atoms with E-state index in [2.05, 4.69) is 22.7 Å². The normalized spacial score (nSPS) is 10.4. The van der Waals surface area contributed by atoms with Gasteiger partial charge >= 0.3 is 17.9 Å². The van der Waals surface area contributed by atoms with E-state index in [1.165, 1.54) is 7.11 Å². The Kier molecular flexibility index (Phi) is 6.51. The molecule has 1 heterocycles. The molecule has 0 atom stereocenters. The van der Waals surface area contributed by atoms with Gasteiger partial charge in [-0.05, 0) is 55.0 Å². The highest BCUT2D eigenvalue weighted by Crippen LogP contribution is 2.17. The number of anilines is 2. The largest absolute Gasteiger partial charge is 0.494 e. The number of hydrogen-bond donors (Lipinski definition) is 2. The van der Waals surface area contributed by atoms with Gasteiger partial charge < -0.3 is 24.5 Å². The van der Waals surface area contributed by atoms with Crippen molar-refractivity contribution in [1.82, 2.24) is 9.78 Å². The number of aromatic nitrogens is 2. The Labute approximate surface area is 167 Å². The first-order chi connectivity index (χ1) is 14.1. The Bertz CT molecular complexity index is 993. The van der Waals surface area contributed by atoms with E-state index in [0.717, 1.165) is 23.3 Å². The summed E-state index contributed by atoms with van der Waals surface area (Å²) in [5, 5.41) is 9.35. The van der Waals surface area contributed by atoms with E-state index in [9.17, 15) is 9.59 Å². The highest BCUT2D eigenvalue weighted by molar-refractivity contribution is 5.99. The average molecular weight is 398 g/mol. The fourth-order valence-corrected chi connectivity index (χ4v) is 2.45. The summed E-state index contributed by atoms with van der Waals surface area (Å²) in [6.45, 7) is 2.78. The molecule has 0 bridgehead atoms. The third-order valence-electron chi connectivity index (χ3n) is 3.95. The van der Waals surface area contributed by atoms with Gasteiger partial charge in [-0.15, -0.1) is 0 Å². The summed E-state index contributed by atoms with van der Waals surface area (Å²) in [6, 6.07) is 13.3. The summed E-state index contributed by atoms with van der Waals surface area (Å²) in [6.07, 6.45) is 1.95. The monoisotopic (exact) mass is 398 g/mol. The van der Waals surface area contributed by atoms with Gasteiger partial charge in [0.15, 0.2) is 0 Å². The first-order valence-corrected chi connectivity index (χ1v) is 9.14. The Hall–Kier alpha value is -3.75. The average Bonchev–Trinajstić information content (AvgIpc) is 3.11. The number of nitrogens with one attached hydrogen (secondary N) is 2. The lowest BCUT2D eigenvalue weighted by atomic mass is 10.3. The fraction of sp³-hybridized carbons (Fsp3) is 0.250. The van der Waals surface area contributed by atoms with Crippen molar-refractivity contribution in [2.75, 3.05) is 24.4 Å². The van der Waals surface area contributed by atoms with E-state index in [1.54, 1.807) is 36.4 Å². The van der Waals surface area contributed by atoms with Crippen molar-refractivity contribution in [3.8, 4) is 17.5 Å². The van der Waals surface area contributed by atoms with Crippen LogP contribution in [0.4, 0.5) is 16.2 Å². The van der Waals surface area contributed by atoms with Crippen molar-refractivity contribution < 1.29 is 18.7 Å². The summed E-state index contributed by atoms with van der Waals surface area (Å²) in [7, 11) is 1.36. The van der Waals surface area contributed by atoms with Crippen molar-refractivity contribution >= 4 is 17.4 Å². The van der Waals surface area contributed by atoms with Gasteiger partial charge in [-0.3, -0.25) is 0 Å². The highest BCUT2D eigenvalue weighted by Gasteiger charge is 2.10. The minimum absolute atomic E-state index is 0.127. The second kappa shape index (κ2) is 9.45. The van der Waals surface area contributed by atoms with Crippen molar-refractivity contribution in [2.45, 2.75) is 19.8 Å².